The van der Waals surface area contributed by atoms with Gasteiger partial charge in [0.2, 0.25) is 5.91 Å². The molecule has 1 fully saturated rings. The number of nitrogens with one attached hydrogen (secondary N) is 1. The topological polar surface area (TPSA) is 55.1 Å². The first-order valence-electron chi connectivity index (χ1n) is 7.31. The van der Waals surface area contributed by atoms with Crippen molar-refractivity contribution >= 4 is 5.91 Å². The van der Waals surface area contributed by atoms with Gasteiger partial charge < -0.3 is 11.1 Å². The van der Waals surface area contributed by atoms with Gasteiger partial charge in [0.05, 0.1) is 6.54 Å². The zero-order valence-corrected chi connectivity index (χ0v) is 12.3. The number of nitrogens with two attached hydrogens (primary N) is 1. The van der Waals surface area contributed by atoms with Gasteiger partial charge in [-0.1, -0.05) is 31.6 Å². The Labute approximate surface area is 125 Å². The zero-order chi connectivity index (χ0) is 15.3. The summed E-state index contributed by atoms with van der Waals surface area (Å²) >= 11 is 0. The first-order valence-corrected chi connectivity index (χ1v) is 7.31. The monoisotopic (exact) mass is 288 g/mol. The molecule has 0 atom stereocenters. The van der Waals surface area contributed by atoms with Gasteiger partial charge in [-0.05, 0) is 31.0 Å². The molecule has 3 N–H and O–H groups in total. The van der Waals surface area contributed by atoms with E-state index in [-0.39, 0.29) is 30.2 Å². The third-order valence-electron chi connectivity index (χ3n) is 4.08. The summed E-state index contributed by atoms with van der Waals surface area (Å²) in [5.41, 5.74) is 6.18. The Bertz CT molecular complexity index is 580. The summed E-state index contributed by atoms with van der Waals surface area (Å²) in [4.78, 5) is 12.2. The number of rotatable bonds is 3. The molecule has 0 radical (unpaired) electrons. The molecule has 1 aromatic carbocycles. The fourth-order valence-corrected chi connectivity index (χ4v) is 2.71. The number of benzene rings is 1. The zero-order valence-electron chi connectivity index (χ0n) is 12.3. The normalized spacial score (nSPS) is 16.1. The van der Waals surface area contributed by atoms with Crippen LogP contribution in [0.4, 0.5) is 4.39 Å². The second kappa shape index (κ2) is 6.73. The highest BCUT2D eigenvalue weighted by atomic mass is 19.1. The average molecular weight is 288 g/mol. The van der Waals surface area contributed by atoms with Gasteiger partial charge >= 0.3 is 0 Å². The van der Waals surface area contributed by atoms with Crippen molar-refractivity contribution in [3.63, 3.8) is 0 Å². The Morgan fingerprint density at radius 1 is 1.43 bits per heavy atom. The van der Waals surface area contributed by atoms with Crippen LogP contribution < -0.4 is 11.1 Å². The molecule has 112 valence electrons. The maximum absolute atomic E-state index is 13.8. The molecule has 3 nitrogen and oxygen atoms in total. The minimum Gasteiger partial charge on any atom is -0.351 e. The summed E-state index contributed by atoms with van der Waals surface area (Å²) in [6.45, 7) is 2.44. The largest absolute Gasteiger partial charge is 0.351 e. The SMILES string of the molecule is CC1(C(=O)NCc2cc(C#CCN)ccc2F)CCCC1. The average Bonchev–Trinajstić information content (AvgIpc) is 2.93. The van der Waals surface area contributed by atoms with Crippen LogP contribution in [0.5, 0.6) is 0 Å². The van der Waals surface area contributed by atoms with Crippen LogP contribution in [0.2, 0.25) is 0 Å². The van der Waals surface area contributed by atoms with E-state index in [2.05, 4.69) is 17.2 Å². The lowest BCUT2D eigenvalue weighted by molar-refractivity contribution is -0.130. The molecular formula is C17H21FN2O. The smallest absolute Gasteiger partial charge is 0.226 e. The van der Waals surface area contributed by atoms with Crippen molar-refractivity contribution in [2.45, 2.75) is 39.2 Å². The van der Waals surface area contributed by atoms with Gasteiger partial charge in [0.25, 0.3) is 0 Å². The van der Waals surface area contributed by atoms with Crippen molar-refractivity contribution in [3.05, 3.63) is 35.1 Å². The molecule has 21 heavy (non-hydrogen) atoms. The van der Waals surface area contributed by atoms with Crippen LogP contribution in [-0.4, -0.2) is 12.5 Å². The summed E-state index contributed by atoms with van der Waals surface area (Å²) < 4.78 is 13.8. The van der Waals surface area contributed by atoms with Crippen LogP contribution in [0.1, 0.15) is 43.7 Å². The van der Waals surface area contributed by atoms with Gasteiger partial charge in [0, 0.05) is 23.1 Å². The van der Waals surface area contributed by atoms with E-state index >= 15 is 0 Å². The second-order valence-electron chi connectivity index (χ2n) is 5.76. The molecule has 0 aromatic heterocycles. The predicted octanol–water partition coefficient (Wildman–Crippen LogP) is 2.33. The quantitative estimate of drug-likeness (QED) is 0.839. The van der Waals surface area contributed by atoms with Gasteiger partial charge in [0.15, 0.2) is 0 Å². The van der Waals surface area contributed by atoms with E-state index < -0.39 is 0 Å². The molecule has 1 saturated carbocycles. The Hall–Kier alpha value is -1.86. The van der Waals surface area contributed by atoms with Crippen molar-refractivity contribution in [1.82, 2.24) is 5.32 Å². The lowest BCUT2D eigenvalue weighted by atomic mass is 9.88. The van der Waals surface area contributed by atoms with Crippen LogP contribution in [0, 0.1) is 23.1 Å². The van der Waals surface area contributed by atoms with E-state index in [1.54, 1.807) is 12.1 Å². The molecule has 0 saturated heterocycles. The fraction of sp³-hybridized carbons (Fsp3) is 0.471. The van der Waals surface area contributed by atoms with Gasteiger partial charge in [0.1, 0.15) is 5.82 Å². The summed E-state index contributed by atoms with van der Waals surface area (Å²) in [5, 5.41) is 2.85. The molecule has 1 aromatic rings. The number of hydrogen-bond acceptors (Lipinski definition) is 2. The van der Waals surface area contributed by atoms with E-state index in [9.17, 15) is 9.18 Å². The molecule has 1 aliphatic carbocycles. The number of carbonyl (C=O) groups is 1. The molecule has 1 amide bonds. The van der Waals surface area contributed by atoms with Crippen molar-refractivity contribution in [2.75, 3.05) is 6.54 Å². The van der Waals surface area contributed by atoms with E-state index in [1.807, 2.05) is 6.92 Å². The number of halogens is 1. The van der Waals surface area contributed by atoms with Crippen molar-refractivity contribution in [3.8, 4) is 11.8 Å². The molecule has 4 heteroatoms. The van der Waals surface area contributed by atoms with Crippen molar-refractivity contribution in [2.24, 2.45) is 11.1 Å². The maximum atomic E-state index is 13.8. The van der Waals surface area contributed by atoms with E-state index in [0.29, 0.717) is 11.1 Å². The Morgan fingerprint density at radius 2 is 2.14 bits per heavy atom. The van der Waals surface area contributed by atoms with Gasteiger partial charge in [-0.3, -0.25) is 4.79 Å². The van der Waals surface area contributed by atoms with Crippen LogP contribution in [0.25, 0.3) is 0 Å². The summed E-state index contributed by atoms with van der Waals surface area (Å²) in [7, 11) is 0. The molecule has 1 aliphatic rings. The van der Waals surface area contributed by atoms with E-state index in [1.165, 1.54) is 6.07 Å². The predicted molar refractivity (Wildman–Crippen MR) is 80.8 cm³/mol. The Balaban J connectivity index is 2.04. The molecule has 0 bridgehead atoms. The molecule has 0 heterocycles. The van der Waals surface area contributed by atoms with Crippen LogP contribution in [0.15, 0.2) is 18.2 Å². The molecule has 0 unspecified atom stereocenters. The number of amides is 1. The molecule has 0 aliphatic heterocycles. The highest BCUT2D eigenvalue weighted by molar-refractivity contribution is 5.82. The van der Waals surface area contributed by atoms with Crippen molar-refractivity contribution < 1.29 is 9.18 Å². The molecular weight excluding hydrogens is 267 g/mol. The standard InChI is InChI=1S/C17H21FN2O/c1-17(8-2-3-9-17)16(21)20-12-14-11-13(5-4-10-19)6-7-15(14)18/h6-7,11H,2-3,8-10,12,19H2,1H3,(H,20,21). The maximum Gasteiger partial charge on any atom is 0.226 e. The summed E-state index contributed by atoms with van der Waals surface area (Å²) in [6, 6.07) is 4.65. The first kappa shape index (κ1) is 15.5. The van der Waals surface area contributed by atoms with Crippen LogP contribution in [0.3, 0.4) is 0 Å². The highest BCUT2D eigenvalue weighted by Gasteiger charge is 2.35. The molecule has 2 rings (SSSR count). The van der Waals surface area contributed by atoms with Crippen LogP contribution >= 0.6 is 0 Å². The lowest BCUT2D eigenvalue weighted by Gasteiger charge is -2.22. The molecule has 0 spiro atoms. The first-order chi connectivity index (χ1) is 10.0. The minimum absolute atomic E-state index is 0.0119. The second-order valence-corrected chi connectivity index (χ2v) is 5.76. The van der Waals surface area contributed by atoms with Crippen LogP contribution in [-0.2, 0) is 11.3 Å². The van der Waals surface area contributed by atoms with Gasteiger partial charge in [-0.25, -0.2) is 4.39 Å². The number of carbonyl (C=O) groups excluding carboxylic acids is 1. The van der Waals surface area contributed by atoms with Gasteiger partial charge in [-0.2, -0.15) is 0 Å². The van der Waals surface area contributed by atoms with Gasteiger partial charge in [-0.15, -0.1) is 0 Å². The Kier molecular flexibility index (Phi) is 4.98. The summed E-state index contributed by atoms with van der Waals surface area (Å²) in [6.07, 6.45) is 3.98. The lowest BCUT2D eigenvalue weighted by Crippen LogP contribution is -2.36. The third-order valence-corrected chi connectivity index (χ3v) is 4.08. The number of hydrogen-bond donors (Lipinski definition) is 2. The highest BCUT2D eigenvalue weighted by Crippen LogP contribution is 2.37. The Morgan fingerprint density at radius 3 is 2.81 bits per heavy atom. The van der Waals surface area contributed by atoms with E-state index in [4.69, 9.17) is 5.73 Å². The van der Waals surface area contributed by atoms with Crippen molar-refractivity contribution in [1.29, 1.82) is 0 Å². The summed E-state index contributed by atoms with van der Waals surface area (Å²) in [5.74, 6) is 5.29. The fourth-order valence-electron chi connectivity index (χ4n) is 2.71. The minimum atomic E-state index is -0.329. The van der Waals surface area contributed by atoms with E-state index in [0.717, 1.165) is 25.7 Å². The third kappa shape index (κ3) is 3.83.